The van der Waals surface area contributed by atoms with Crippen LogP contribution in [0, 0.1) is 5.82 Å². The number of halogens is 1. The van der Waals surface area contributed by atoms with E-state index in [1.807, 2.05) is 6.07 Å². The lowest BCUT2D eigenvalue weighted by atomic mass is 10.1. The average Bonchev–Trinajstić information content (AvgIpc) is 2.17. The van der Waals surface area contributed by atoms with Gasteiger partial charge in [-0.05, 0) is 35.7 Å². The molecule has 2 aromatic heterocycles. The van der Waals surface area contributed by atoms with Gasteiger partial charge in [-0.3, -0.25) is 4.98 Å². The minimum Gasteiger partial charge on any atom is -0.384 e. The summed E-state index contributed by atoms with van der Waals surface area (Å²) in [7, 11) is 0. The number of rotatable bonds is 2. The second-order valence-corrected chi connectivity index (χ2v) is 3.28. The van der Waals surface area contributed by atoms with Crippen molar-refractivity contribution >= 4 is 5.82 Å². The Morgan fingerprint density at radius 3 is 2.80 bits per heavy atom. The molecule has 76 valence electrons. The van der Waals surface area contributed by atoms with Crippen LogP contribution in [0.3, 0.4) is 0 Å². The molecular formula is C11H10FN3. The monoisotopic (exact) mass is 203 g/mol. The molecule has 2 heterocycles. The molecular weight excluding hydrogens is 193 g/mol. The fraction of sp³-hybridized carbons (Fsp3) is 0.0909. The zero-order valence-electron chi connectivity index (χ0n) is 8.02. The van der Waals surface area contributed by atoms with Crippen LogP contribution >= 0.6 is 0 Å². The molecule has 4 heteroatoms. The predicted octanol–water partition coefficient (Wildman–Crippen LogP) is 1.79. The second kappa shape index (κ2) is 4.04. The Labute approximate surface area is 86.8 Å². The van der Waals surface area contributed by atoms with Gasteiger partial charge >= 0.3 is 0 Å². The first-order valence-corrected chi connectivity index (χ1v) is 4.54. The Morgan fingerprint density at radius 2 is 2.07 bits per heavy atom. The minimum atomic E-state index is -0.325. The third-order valence-electron chi connectivity index (χ3n) is 2.02. The molecule has 0 amide bonds. The third kappa shape index (κ3) is 2.49. The van der Waals surface area contributed by atoms with Crippen molar-refractivity contribution in [3.63, 3.8) is 0 Å². The lowest BCUT2D eigenvalue weighted by molar-refractivity contribution is 0.619. The van der Waals surface area contributed by atoms with Gasteiger partial charge in [-0.1, -0.05) is 0 Å². The van der Waals surface area contributed by atoms with Gasteiger partial charge in [-0.25, -0.2) is 9.37 Å². The van der Waals surface area contributed by atoms with Crippen LogP contribution in [-0.2, 0) is 6.42 Å². The van der Waals surface area contributed by atoms with Crippen LogP contribution in [0.2, 0.25) is 0 Å². The van der Waals surface area contributed by atoms with E-state index in [1.165, 1.54) is 12.3 Å². The van der Waals surface area contributed by atoms with E-state index in [1.54, 1.807) is 18.5 Å². The van der Waals surface area contributed by atoms with Crippen LogP contribution in [0.15, 0.2) is 36.8 Å². The molecule has 0 fully saturated rings. The zero-order chi connectivity index (χ0) is 10.7. The highest BCUT2D eigenvalue weighted by Gasteiger charge is 1.99. The van der Waals surface area contributed by atoms with Crippen molar-refractivity contribution < 1.29 is 4.39 Å². The quantitative estimate of drug-likeness (QED) is 0.809. The Balaban J connectivity index is 2.22. The summed E-state index contributed by atoms with van der Waals surface area (Å²) in [6.45, 7) is 0. The maximum atomic E-state index is 12.8. The van der Waals surface area contributed by atoms with E-state index in [2.05, 4.69) is 9.97 Å². The number of nitrogen functional groups attached to an aromatic ring is 1. The molecule has 0 spiro atoms. The van der Waals surface area contributed by atoms with E-state index in [9.17, 15) is 4.39 Å². The zero-order valence-corrected chi connectivity index (χ0v) is 8.02. The second-order valence-electron chi connectivity index (χ2n) is 3.28. The van der Waals surface area contributed by atoms with Gasteiger partial charge in [0.15, 0.2) is 0 Å². The van der Waals surface area contributed by atoms with Crippen molar-refractivity contribution in [2.75, 3.05) is 5.73 Å². The van der Waals surface area contributed by atoms with E-state index in [-0.39, 0.29) is 5.82 Å². The molecule has 0 saturated carbocycles. The molecule has 0 aliphatic heterocycles. The molecule has 0 aromatic carbocycles. The van der Waals surface area contributed by atoms with E-state index >= 15 is 0 Å². The molecule has 3 nitrogen and oxygen atoms in total. The summed E-state index contributed by atoms with van der Waals surface area (Å²) in [4.78, 5) is 7.67. The summed E-state index contributed by atoms with van der Waals surface area (Å²) in [6.07, 6.45) is 5.07. The van der Waals surface area contributed by atoms with E-state index in [4.69, 9.17) is 5.73 Å². The van der Waals surface area contributed by atoms with Crippen molar-refractivity contribution in [2.24, 2.45) is 0 Å². The molecule has 0 aliphatic carbocycles. The Morgan fingerprint density at radius 1 is 1.20 bits per heavy atom. The van der Waals surface area contributed by atoms with Crippen LogP contribution in [0.1, 0.15) is 11.1 Å². The fourth-order valence-electron chi connectivity index (χ4n) is 1.39. The summed E-state index contributed by atoms with van der Waals surface area (Å²) in [5.74, 6) is 0.145. The highest BCUT2D eigenvalue weighted by Crippen LogP contribution is 2.10. The summed E-state index contributed by atoms with van der Waals surface area (Å²) >= 11 is 0. The van der Waals surface area contributed by atoms with Gasteiger partial charge in [0.05, 0.1) is 6.20 Å². The molecule has 0 saturated heterocycles. The Hall–Kier alpha value is -1.97. The van der Waals surface area contributed by atoms with Gasteiger partial charge in [-0.15, -0.1) is 0 Å². The van der Waals surface area contributed by atoms with Gasteiger partial charge in [0.25, 0.3) is 0 Å². The normalized spacial score (nSPS) is 10.2. The Bertz CT molecular complexity index is 427. The summed E-state index contributed by atoms with van der Waals surface area (Å²) < 4.78 is 12.8. The Kier molecular flexibility index (Phi) is 2.58. The van der Waals surface area contributed by atoms with Crippen molar-refractivity contribution in [1.29, 1.82) is 0 Å². The molecule has 0 unspecified atom stereocenters. The molecule has 15 heavy (non-hydrogen) atoms. The van der Waals surface area contributed by atoms with E-state index in [0.29, 0.717) is 12.2 Å². The van der Waals surface area contributed by atoms with Gasteiger partial charge in [0, 0.05) is 12.4 Å². The predicted molar refractivity (Wildman–Crippen MR) is 55.7 cm³/mol. The standard InChI is InChI=1S/C11H10FN3/c12-10-4-9(6-14-7-10)3-8-1-2-15-11(13)5-8/h1-2,4-7H,3H2,(H2,13,15). The maximum Gasteiger partial charge on any atom is 0.141 e. The minimum absolute atomic E-state index is 0.325. The highest BCUT2D eigenvalue weighted by atomic mass is 19.1. The van der Waals surface area contributed by atoms with Crippen LogP contribution < -0.4 is 5.73 Å². The van der Waals surface area contributed by atoms with Gasteiger partial charge in [0.1, 0.15) is 11.6 Å². The van der Waals surface area contributed by atoms with Gasteiger partial charge in [0.2, 0.25) is 0 Å². The number of anilines is 1. The van der Waals surface area contributed by atoms with Crippen LogP contribution in [-0.4, -0.2) is 9.97 Å². The summed E-state index contributed by atoms with van der Waals surface area (Å²) in [5.41, 5.74) is 7.36. The topological polar surface area (TPSA) is 51.8 Å². The SMILES string of the molecule is Nc1cc(Cc2cncc(F)c2)ccn1. The lowest BCUT2D eigenvalue weighted by Crippen LogP contribution is -1.94. The van der Waals surface area contributed by atoms with Crippen molar-refractivity contribution in [3.05, 3.63) is 53.7 Å². The fourth-order valence-corrected chi connectivity index (χ4v) is 1.39. The molecule has 0 atom stereocenters. The number of hydrogen-bond donors (Lipinski definition) is 1. The van der Waals surface area contributed by atoms with E-state index in [0.717, 1.165) is 11.1 Å². The molecule has 0 bridgehead atoms. The van der Waals surface area contributed by atoms with Gasteiger partial charge in [-0.2, -0.15) is 0 Å². The number of hydrogen-bond acceptors (Lipinski definition) is 3. The van der Waals surface area contributed by atoms with E-state index < -0.39 is 0 Å². The number of nitrogens with two attached hydrogens (primary N) is 1. The van der Waals surface area contributed by atoms with Crippen molar-refractivity contribution in [1.82, 2.24) is 9.97 Å². The molecule has 2 aromatic rings. The first-order chi connectivity index (χ1) is 7.24. The molecule has 0 aliphatic rings. The maximum absolute atomic E-state index is 12.8. The summed E-state index contributed by atoms with van der Waals surface area (Å²) in [5, 5.41) is 0. The smallest absolute Gasteiger partial charge is 0.141 e. The average molecular weight is 203 g/mol. The first-order valence-electron chi connectivity index (χ1n) is 4.54. The third-order valence-corrected chi connectivity index (χ3v) is 2.02. The van der Waals surface area contributed by atoms with Gasteiger partial charge < -0.3 is 5.73 Å². The molecule has 0 radical (unpaired) electrons. The summed E-state index contributed by atoms with van der Waals surface area (Å²) in [6, 6.07) is 5.08. The first kappa shape index (κ1) is 9.58. The van der Waals surface area contributed by atoms with Crippen molar-refractivity contribution in [3.8, 4) is 0 Å². The van der Waals surface area contributed by atoms with Crippen LogP contribution in [0.5, 0.6) is 0 Å². The molecule has 2 rings (SSSR count). The highest BCUT2D eigenvalue weighted by molar-refractivity contribution is 5.34. The lowest BCUT2D eigenvalue weighted by Gasteiger charge is -2.01. The van der Waals surface area contributed by atoms with Crippen LogP contribution in [0.4, 0.5) is 10.2 Å². The largest absolute Gasteiger partial charge is 0.384 e. The van der Waals surface area contributed by atoms with Crippen molar-refractivity contribution in [2.45, 2.75) is 6.42 Å². The van der Waals surface area contributed by atoms with Crippen LogP contribution in [0.25, 0.3) is 0 Å². The number of pyridine rings is 2. The molecule has 2 N–H and O–H groups in total. The number of nitrogens with zero attached hydrogens (tertiary/aromatic N) is 2. The number of aromatic nitrogens is 2.